The number of aromatic nitrogens is 1. The second-order valence-corrected chi connectivity index (χ2v) is 2.84. The molecule has 0 fully saturated rings. The molecule has 1 unspecified atom stereocenters. The molecule has 66 valence electrons. The van der Waals surface area contributed by atoms with E-state index in [2.05, 4.69) is 4.98 Å². The Labute approximate surface area is 72.2 Å². The van der Waals surface area contributed by atoms with Gasteiger partial charge < -0.3 is 10.8 Å². The highest BCUT2D eigenvalue weighted by atomic mass is 16.3. The summed E-state index contributed by atoms with van der Waals surface area (Å²) in [6.07, 6.45) is 5.26. The number of hydrogen-bond donors (Lipinski definition) is 2. The van der Waals surface area contributed by atoms with Crippen LogP contribution >= 0.6 is 0 Å². The highest BCUT2D eigenvalue weighted by Crippen LogP contribution is 2.01. The van der Waals surface area contributed by atoms with Crippen LogP contribution in [0.25, 0.3) is 0 Å². The quantitative estimate of drug-likeness (QED) is 0.677. The van der Waals surface area contributed by atoms with Crippen molar-refractivity contribution in [3.8, 4) is 0 Å². The van der Waals surface area contributed by atoms with E-state index in [1.807, 2.05) is 18.3 Å². The summed E-state index contributed by atoms with van der Waals surface area (Å²) < 4.78 is 0. The molecule has 3 nitrogen and oxygen atoms in total. The maximum absolute atomic E-state index is 8.67. The molecule has 3 heteroatoms. The molecular weight excluding hydrogens is 152 g/mol. The van der Waals surface area contributed by atoms with Gasteiger partial charge in [0.25, 0.3) is 0 Å². The van der Waals surface area contributed by atoms with Gasteiger partial charge in [-0.3, -0.25) is 4.98 Å². The third-order valence-electron chi connectivity index (χ3n) is 1.76. The normalized spacial score (nSPS) is 12.8. The zero-order chi connectivity index (χ0) is 8.81. The van der Waals surface area contributed by atoms with Crippen LogP contribution in [-0.4, -0.2) is 22.7 Å². The molecule has 1 aromatic rings. The summed E-state index contributed by atoms with van der Waals surface area (Å²) >= 11 is 0. The fourth-order valence-electron chi connectivity index (χ4n) is 0.989. The highest BCUT2D eigenvalue weighted by molar-refractivity contribution is 5.08. The first kappa shape index (κ1) is 9.16. The van der Waals surface area contributed by atoms with Crippen LogP contribution in [-0.2, 0) is 6.42 Å². The molecule has 1 rings (SSSR count). The molecule has 0 aliphatic rings. The van der Waals surface area contributed by atoms with E-state index in [1.165, 1.54) is 5.56 Å². The fraction of sp³-hybridized carbons (Fsp3) is 0.444. The number of hydrogen-bond acceptors (Lipinski definition) is 3. The molecule has 1 heterocycles. The summed E-state index contributed by atoms with van der Waals surface area (Å²) in [4.78, 5) is 3.99. The highest BCUT2D eigenvalue weighted by Gasteiger charge is 2.00. The maximum atomic E-state index is 8.67. The number of aryl methyl sites for hydroxylation is 1. The molecule has 0 saturated heterocycles. The van der Waals surface area contributed by atoms with Crippen molar-refractivity contribution in [2.75, 3.05) is 6.61 Å². The summed E-state index contributed by atoms with van der Waals surface area (Å²) in [5.41, 5.74) is 6.72. The minimum Gasteiger partial charge on any atom is -0.395 e. The van der Waals surface area contributed by atoms with Gasteiger partial charge in [-0.25, -0.2) is 0 Å². The van der Waals surface area contributed by atoms with Gasteiger partial charge >= 0.3 is 0 Å². The van der Waals surface area contributed by atoms with Crippen LogP contribution in [0.1, 0.15) is 12.0 Å². The molecule has 0 aromatic carbocycles. The largest absolute Gasteiger partial charge is 0.395 e. The fourth-order valence-corrected chi connectivity index (χ4v) is 0.989. The minimum atomic E-state index is -0.106. The predicted octanol–water partition coefficient (Wildman–Crippen LogP) is 0.334. The number of aliphatic hydroxyl groups is 1. The Morgan fingerprint density at radius 1 is 1.58 bits per heavy atom. The Hall–Kier alpha value is -0.930. The first-order chi connectivity index (χ1) is 5.83. The van der Waals surface area contributed by atoms with Crippen molar-refractivity contribution in [1.29, 1.82) is 0 Å². The van der Waals surface area contributed by atoms with Crippen molar-refractivity contribution in [1.82, 2.24) is 4.98 Å². The van der Waals surface area contributed by atoms with E-state index in [0.717, 1.165) is 12.8 Å². The lowest BCUT2D eigenvalue weighted by Gasteiger charge is -2.06. The monoisotopic (exact) mass is 166 g/mol. The van der Waals surface area contributed by atoms with Gasteiger partial charge in [-0.1, -0.05) is 6.07 Å². The van der Waals surface area contributed by atoms with Crippen LogP contribution in [0.4, 0.5) is 0 Å². The number of aliphatic hydroxyl groups excluding tert-OH is 1. The number of nitrogens with zero attached hydrogens (tertiary/aromatic N) is 1. The Morgan fingerprint density at radius 2 is 2.42 bits per heavy atom. The van der Waals surface area contributed by atoms with E-state index in [-0.39, 0.29) is 12.6 Å². The molecule has 0 radical (unpaired) electrons. The summed E-state index contributed by atoms with van der Waals surface area (Å²) in [6.45, 7) is 0.0558. The predicted molar refractivity (Wildman–Crippen MR) is 47.6 cm³/mol. The number of nitrogens with two attached hydrogens (primary N) is 1. The first-order valence-electron chi connectivity index (χ1n) is 4.08. The van der Waals surface area contributed by atoms with Crippen molar-refractivity contribution < 1.29 is 5.11 Å². The molecule has 1 aromatic heterocycles. The van der Waals surface area contributed by atoms with Gasteiger partial charge in [-0.05, 0) is 24.5 Å². The van der Waals surface area contributed by atoms with E-state index in [0.29, 0.717) is 0 Å². The smallest absolute Gasteiger partial charge is 0.0582 e. The van der Waals surface area contributed by atoms with Crippen LogP contribution in [0.15, 0.2) is 24.5 Å². The average molecular weight is 166 g/mol. The van der Waals surface area contributed by atoms with Gasteiger partial charge in [0.1, 0.15) is 0 Å². The van der Waals surface area contributed by atoms with E-state index in [4.69, 9.17) is 10.8 Å². The molecule has 0 amide bonds. The lowest BCUT2D eigenvalue weighted by atomic mass is 10.1. The van der Waals surface area contributed by atoms with Crippen molar-refractivity contribution in [2.24, 2.45) is 5.73 Å². The lowest BCUT2D eigenvalue weighted by molar-refractivity contribution is 0.260. The van der Waals surface area contributed by atoms with Gasteiger partial charge in [0, 0.05) is 18.4 Å². The van der Waals surface area contributed by atoms with Crippen molar-refractivity contribution in [3.63, 3.8) is 0 Å². The second kappa shape index (κ2) is 4.85. The zero-order valence-electron chi connectivity index (χ0n) is 6.98. The molecule has 0 saturated carbocycles. The molecule has 1 atom stereocenters. The molecule has 0 aliphatic carbocycles. The van der Waals surface area contributed by atoms with Crippen molar-refractivity contribution >= 4 is 0 Å². The van der Waals surface area contributed by atoms with Gasteiger partial charge in [-0.15, -0.1) is 0 Å². The average Bonchev–Trinajstić information content (AvgIpc) is 2.16. The Balaban J connectivity index is 2.33. The molecule has 0 bridgehead atoms. The van der Waals surface area contributed by atoms with Gasteiger partial charge in [-0.2, -0.15) is 0 Å². The minimum absolute atomic E-state index is 0.0558. The van der Waals surface area contributed by atoms with Crippen LogP contribution in [0.2, 0.25) is 0 Å². The van der Waals surface area contributed by atoms with Crippen molar-refractivity contribution in [3.05, 3.63) is 30.1 Å². The first-order valence-corrected chi connectivity index (χ1v) is 4.08. The summed E-state index contributed by atoms with van der Waals surface area (Å²) in [5, 5.41) is 8.67. The molecule has 0 spiro atoms. The molecular formula is C9H14N2O. The summed E-state index contributed by atoms with van der Waals surface area (Å²) in [6, 6.07) is 3.81. The van der Waals surface area contributed by atoms with Gasteiger partial charge in [0.2, 0.25) is 0 Å². The van der Waals surface area contributed by atoms with Crippen LogP contribution in [0.5, 0.6) is 0 Å². The molecule has 3 N–H and O–H groups in total. The van der Waals surface area contributed by atoms with Crippen LogP contribution in [0.3, 0.4) is 0 Å². The maximum Gasteiger partial charge on any atom is 0.0582 e. The second-order valence-electron chi connectivity index (χ2n) is 2.84. The summed E-state index contributed by atoms with van der Waals surface area (Å²) in [7, 11) is 0. The molecule has 12 heavy (non-hydrogen) atoms. The van der Waals surface area contributed by atoms with Crippen LogP contribution in [0, 0.1) is 0 Å². The van der Waals surface area contributed by atoms with Crippen LogP contribution < -0.4 is 5.73 Å². The molecule has 0 aliphatic heterocycles. The van der Waals surface area contributed by atoms with E-state index >= 15 is 0 Å². The third kappa shape index (κ3) is 2.98. The number of pyridine rings is 1. The number of rotatable bonds is 4. The third-order valence-corrected chi connectivity index (χ3v) is 1.76. The topological polar surface area (TPSA) is 59.1 Å². The summed E-state index contributed by atoms with van der Waals surface area (Å²) in [5.74, 6) is 0. The lowest BCUT2D eigenvalue weighted by Crippen LogP contribution is -2.24. The standard InChI is InChI=1S/C9H14N2O/c10-9(7-12)4-3-8-2-1-5-11-6-8/h1-2,5-6,9,12H,3-4,7,10H2. The Kier molecular flexibility index (Phi) is 3.70. The van der Waals surface area contributed by atoms with Gasteiger partial charge in [0.15, 0.2) is 0 Å². The zero-order valence-corrected chi connectivity index (χ0v) is 6.98. The Bertz CT molecular complexity index is 213. The van der Waals surface area contributed by atoms with E-state index in [9.17, 15) is 0 Å². The van der Waals surface area contributed by atoms with E-state index in [1.54, 1.807) is 6.20 Å². The van der Waals surface area contributed by atoms with Gasteiger partial charge in [0.05, 0.1) is 6.61 Å². The van der Waals surface area contributed by atoms with E-state index < -0.39 is 0 Å². The Morgan fingerprint density at radius 3 is 3.00 bits per heavy atom. The SMILES string of the molecule is NC(CO)CCc1cccnc1. The van der Waals surface area contributed by atoms with Crippen molar-refractivity contribution in [2.45, 2.75) is 18.9 Å².